The van der Waals surface area contributed by atoms with Gasteiger partial charge in [-0.05, 0) is 85.3 Å². The summed E-state index contributed by atoms with van der Waals surface area (Å²) in [4.78, 5) is 17.5. The molecule has 0 bridgehead atoms. The van der Waals surface area contributed by atoms with E-state index < -0.39 is 23.5 Å². The van der Waals surface area contributed by atoms with Crippen molar-refractivity contribution in [3.05, 3.63) is 227 Å². The second-order valence-electron chi connectivity index (χ2n) is 20.2. The molecule has 394 valence electrons. The molecule has 0 aliphatic heterocycles. The van der Waals surface area contributed by atoms with Crippen molar-refractivity contribution >= 4 is 86.2 Å². The van der Waals surface area contributed by atoms with Crippen molar-refractivity contribution in [1.82, 2.24) is 0 Å². The van der Waals surface area contributed by atoms with Crippen molar-refractivity contribution in [2.45, 2.75) is 12.4 Å². The van der Waals surface area contributed by atoms with Crippen LogP contribution in [-0.2, 0) is 12.4 Å². The molecule has 0 fully saturated rings. The van der Waals surface area contributed by atoms with Gasteiger partial charge in [-0.15, -0.1) is 0 Å². The Bertz CT molecular complexity index is 5590. The summed E-state index contributed by atoms with van der Waals surface area (Å²) >= 11 is 0. The van der Waals surface area contributed by atoms with Gasteiger partial charge in [0.15, 0.2) is 0 Å². The van der Waals surface area contributed by atoms with Gasteiger partial charge < -0.3 is 0 Å². The van der Waals surface area contributed by atoms with Crippen molar-refractivity contribution < 1.29 is 26.3 Å². The number of rotatable bonds is 5. The highest BCUT2D eigenvalue weighted by molar-refractivity contribution is 6.36. The molecule has 0 atom stereocenters. The van der Waals surface area contributed by atoms with Crippen LogP contribution >= 0.6 is 0 Å². The number of alkyl halides is 6. The summed E-state index contributed by atoms with van der Waals surface area (Å²) < 4.78 is 88.0. The van der Waals surface area contributed by atoms with Crippen LogP contribution in [-0.4, -0.2) is 0 Å². The lowest BCUT2D eigenvalue weighted by atomic mass is 9.86. The van der Waals surface area contributed by atoms with Crippen LogP contribution in [0.4, 0.5) is 26.3 Å². The summed E-state index contributed by atoms with van der Waals surface area (Å²) in [5.41, 5.74) is 4.26. The van der Waals surface area contributed by atoms with E-state index in [0.717, 1.165) is 89.6 Å². The first-order valence-electron chi connectivity index (χ1n) is 26.2. The van der Waals surface area contributed by atoms with Crippen LogP contribution < -0.4 is 21.4 Å². The van der Waals surface area contributed by atoms with Gasteiger partial charge in [0.05, 0.1) is 32.6 Å². The number of hydrogen-bond donors (Lipinski definition) is 0. The van der Waals surface area contributed by atoms with Gasteiger partial charge >= 0.3 is 12.4 Å². The third-order valence-corrected chi connectivity index (χ3v) is 16.0. The minimum atomic E-state index is -4.79. The molecule has 8 nitrogen and oxygen atoms in total. The average Bonchev–Trinajstić information content (AvgIpc) is 1.57. The zero-order valence-electron chi connectivity index (χ0n) is 43.3. The van der Waals surface area contributed by atoms with Crippen LogP contribution in [0.25, 0.3) is 142 Å². The van der Waals surface area contributed by atoms with E-state index in [-0.39, 0.29) is 43.0 Å². The van der Waals surface area contributed by atoms with Gasteiger partial charge in [0.25, 0.3) is 0 Å². The molecule has 0 saturated heterocycles. The van der Waals surface area contributed by atoms with Gasteiger partial charge in [0, 0.05) is 86.9 Å². The van der Waals surface area contributed by atoms with Crippen molar-refractivity contribution in [1.29, 1.82) is 21.0 Å². The molecule has 0 saturated carbocycles. The maximum Gasteiger partial charge on any atom is 0.416 e. The summed E-state index contributed by atoms with van der Waals surface area (Å²) in [6.07, 6.45) is -1.80. The number of hydrogen-bond acceptors (Lipinski definition) is 8. The average molecular weight is 1100 g/mol. The van der Waals surface area contributed by atoms with E-state index in [1.165, 1.54) is 12.1 Å². The van der Waals surface area contributed by atoms with Crippen LogP contribution in [0, 0.1) is 45.8 Å². The molecule has 0 N–H and O–H groups in total. The van der Waals surface area contributed by atoms with E-state index >= 15 is 0 Å². The lowest BCUT2D eigenvalue weighted by Crippen LogP contribution is -2.06. The minimum absolute atomic E-state index is 0.0103. The zero-order valence-corrected chi connectivity index (χ0v) is 43.3. The van der Waals surface area contributed by atoms with E-state index in [1.54, 1.807) is 42.5 Å². The predicted molar refractivity (Wildman–Crippen MR) is 313 cm³/mol. The molecule has 14 aromatic rings. The van der Waals surface area contributed by atoms with E-state index in [9.17, 15) is 47.4 Å². The Kier molecular flexibility index (Phi) is 11.5. The molecule has 14 rings (SSSR count). The van der Waals surface area contributed by atoms with Crippen LogP contribution in [0.1, 0.15) is 11.1 Å². The molecule has 14 aromatic carbocycles. The zero-order chi connectivity index (χ0) is 57.8. The lowest BCUT2D eigenvalue weighted by molar-refractivity contribution is -0.138. The second kappa shape index (κ2) is 19.0. The highest BCUT2D eigenvalue weighted by Crippen LogP contribution is 2.51. The molecule has 84 heavy (non-hydrogen) atoms. The fourth-order valence-corrected chi connectivity index (χ4v) is 12.9. The van der Waals surface area contributed by atoms with Crippen LogP contribution in [0.15, 0.2) is 214 Å². The van der Waals surface area contributed by atoms with Crippen LogP contribution in [0.3, 0.4) is 0 Å². The normalized spacial score (nSPS) is 13.1. The molecule has 0 amide bonds. The first-order valence-corrected chi connectivity index (χ1v) is 26.2. The molecule has 0 aromatic heterocycles. The number of nitrogens with zero attached hydrogens (tertiary/aromatic N) is 8. The lowest BCUT2D eigenvalue weighted by Gasteiger charge is -2.16. The number of benzene rings is 10. The van der Waals surface area contributed by atoms with E-state index in [2.05, 4.69) is 32.4 Å². The van der Waals surface area contributed by atoms with Crippen molar-refractivity contribution in [2.24, 2.45) is 20.0 Å². The molecule has 0 unspecified atom stereocenters. The topological polar surface area (TPSA) is 145 Å². The maximum atomic E-state index is 14.7. The van der Waals surface area contributed by atoms with Gasteiger partial charge in [-0.3, -0.25) is 0 Å². The van der Waals surface area contributed by atoms with Gasteiger partial charge in [-0.25, -0.2) is 0 Å². The Morgan fingerprint density at radius 2 is 0.548 bits per heavy atom. The Labute approximate surface area is 470 Å². The van der Waals surface area contributed by atoms with Gasteiger partial charge in [0.2, 0.25) is 24.8 Å². The third-order valence-electron chi connectivity index (χ3n) is 16.0. The number of fused-ring (bicyclic) bond motifs is 12. The SMILES string of the molecule is N#C/N=c1\c2ccccc2c2c(-c3ccccc3)c3/c(=N/C#N)c4ccccc4c3c(-c3ccc(-c4cccc(-c5c6/c(=N/C#N)c7cc(C(F)(F)F)ccc7c6c(-c6ccccc6)c6/c(=N/C#N)c7cc(C(F)(F)F)ccc7c56)c4)cc3)c12. The molecule has 0 radical (unpaired) electrons. The summed E-state index contributed by atoms with van der Waals surface area (Å²) in [7, 11) is 0. The predicted octanol–water partition coefficient (Wildman–Crippen LogP) is 16.6. The highest BCUT2D eigenvalue weighted by atomic mass is 19.4. The molecule has 0 spiro atoms. The summed E-state index contributed by atoms with van der Waals surface area (Å²) in [6.45, 7) is 0. The number of halogens is 6. The molecule has 0 aliphatic rings. The molecule has 0 aliphatic carbocycles. The first-order chi connectivity index (χ1) is 40.8. The number of nitriles is 4. The van der Waals surface area contributed by atoms with Crippen molar-refractivity contribution in [2.75, 3.05) is 0 Å². The molecular weight excluding hydrogens is 1070 g/mol. The summed E-state index contributed by atoms with van der Waals surface area (Å²) in [5.74, 6) is 0. The van der Waals surface area contributed by atoms with Crippen LogP contribution in [0.5, 0.6) is 0 Å². The Morgan fingerprint density at radius 3 is 0.929 bits per heavy atom. The summed E-state index contributed by atoms with van der Waals surface area (Å²) in [6, 6.07) is 55.6. The Morgan fingerprint density at radius 1 is 0.250 bits per heavy atom. The van der Waals surface area contributed by atoms with Gasteiger partial charge in [-0.1, -0.05) is 164 Å². The van der Waals surface area contributed by atoms with Crippen molar-refractivity contribution in [3.63, 3.8) is 0 Å². The minimum Gasteiger partial charge on any atom is -0.172 e. The summed E-state index contributed by atoms with van der Waals surface area (Å²) in [5, 5.41) is 50.3. The molecule has 0 heterocycles. The van der Waals surface area contributed by atoms with E-state index in [4.69, 9.17) is 0 Å². The fourth-order valence-electron chi connectivity index (χ4n) is 12.9. The Balaban J connectivity index is 1.09. The molecular formula is C70H32F6N8. The quantitative estimate of drug-likeness (QED) is 0.125. The smallest absolute Gasteiger partial charge is 0.172 e. The maximum absolute atomic E-state index is 14.7. The van der Waals surface area contributed by atoms with Gasteiger partial charge in [0.1, 0.15) is 0 Å². The second-order valence-corrected chi connectivity index (χ2v) is 20.2. The van der Waals surface area contributed by atoms with E-state index in [0.29, 0.717) is 54.9 Å². The van der Waals surface area contributed by atoms with E-state index in [1.807, 2.05) is 128 Å². The standard InChI is InChI=1S/C70H32F6N8/c71-69(72,73)43-26-28-47-51(31-43)68(84-36-80)64-56(60-48-29-27-44(70(74,75)76)32-52(48)67(83-35-79)63(60)54(59(47)64)39-14-5-2-6-15-39)42-17-11-16-41(30-42)37-22-24-40(25-23-37)55-58-46-19-8-10-21-50(46)65(81-33-77)61(58)53(38-12-3-1-4-13-38)57-45-18-7-9-20-49(45)66(62(55)57)82-34-78/h1-32H/b81-65+,82-66+,83-67+,84-68+. The Hall–Kier alpha value is -11.6. The third kappa shape index (κ3) is 7.52. The van der Waals surface area contributed by atoms with Gasteiger partial charge in [-0.2, -0.15) is 67.4 Å². The van der Waals surface area contributed by atoms with Crippen molar-refractivity contribution in [3.8, 4) is 80.4 Å². The van der Waals surface area contributed by atoms with Crippen LogP contribution in [0.2, 0.25) is 0 Å². The molecule has 14 heteroatoms. The largest absolute Gasteiger partial charge is 0.416 e. The first kappa shape index (κ1) is 50.6. The highest BCUT2D eigenvalue weighted by Gasteiger charge is 2.35. The monoisotopic (exact) mass is 1100 g/mol. The fraction of sp³-hybridized carbons (Fsp3) is 0.0286.